The second-order valence-corrected chi connectivity index (χ2v) is 5.15. The summed E-state index contributed by atoms with van der Waals surface area (Å²) in [7, 11) is 0. The van der Waals surface area contributed by atoms with Crippen molar-refractivity contribution in [2.45, 2.75) is 25.3 Å². The molecule has 5 N–H and O–H groups in total. The molecule has 1 atom stereocenters. The SMILES string of the molecule is CSCCC(NC(N)=O)C(=O)NCCCc1ncn[nH]1. The highest BCUT2D eigenvalue weighted by Gasteiger charge is 2.18. The monoisotopic (exact) mass is 300 g/mol. The third kappa shape index (κ3) is 6.41. The molecule has 9 heteroatoms. The predicted octanol–water partition coefficient (Wildman–Crippen LogP) is -0.356. The lowest BCUT2D eigenvalue weighted by atomic mass is 10.2. The molecule has 0 saturated heterocycles. The zero-order chi connectivity index (χ0) is 14.8. The van der Waals surface area contributed by atoms with E-state index in [1.54, 1.807) is 11.8 Å². The smallest absolute Gasteiger partial charge is 0.312 e. The molecule has 0 saturated carbocycles. The molecule has 8 nitrogen and oxygen atoms in total. The Bertz CT molecular complexity index is 411. The number of amides is 3. The van der Waals surface area contributed by atoms with Gasteiger partial charge < -0.3 is 16.4 Å². The molecular weight excluding hydrogens is 280 g/mol. The average Bonchev–Trinajstić information content (AvgIpc) is 2.92. The number of rotatable bonds is 9. The number of aromatic amines is 1. The second-order valence-electron chi connectivity index (χ2n) is 4.17. The highest BCUT2D eigenvalue weighted by molar-refractivity contribution is 7.98. The normalized spacial score (nSPS) is 11.8. The van der Waals surface area contributed by atoms with Crippen molar-refractivity contribution in [1.82, 2.24) is 25.8 Å². The number of urea groups is 1. The first-order valence-electron chi connectivity index (χ1n) is 6.30. The fourth-order valence-electron chi connectivity index (χ4n) is 1.62. The number of nitrogens with zero attached hydrogens (tertiary/aromatic N) is 2. The number of primary amides is 1. The van der Waals surface area contributed by atoms with Gasteiger partial charge in [0.1, 0.15) is 18.2 Å². The number of nitrogens with one attached hydrogen (secondary N) is 3. The molecular formula is C11H20N6O2S. The maximum Gasteiger partial charge on any atom is 0.312 e. The van der Waals surface area contributed by atoms with Gasteiger partial charge in [-0.15, -0.1) is 0 Å². The van der Waals surface area contributed by atoms with Gasteiger partial charge in [0.05, 0.1) is 0 Å². The number of carbonyl (C=O) groups excluding carboxylic acids is 2. The Labute approximate surface area is 121 Å². The van der Waals surface area contributed by atoms with E-state index in [9.17, 15) is 9.59 Å². The summed E-state index contributed by atoms with van der Waals surface area (Å²) in [6.07, 6.45) is 5.39. The van der Waals surface area contributed by atoms with Crippen molar-refractivity contribution in [2.75, 3.05) is 18.6 Å². The van der Waals surface area contributed by atoms with Crippen LogP contribution in [0, 0.1) is 0 Å². The van der Waals surface area contributed by atoms with Gasteiger partial charge in [-0.05, 0) is 24.9 Å². The summed E-state index contributed by atoms with van der Waals surface area (Å²) in [6, 6.07) is -1.27. The van der Waals surface area contributed by atoms with Crippen LogP contribution in [0.2, 0.25) is 0 Å². The quantitative estimate of drug-likeness (QED) is 0.463. The maximum absolute atomic E-state index is 11.9. The van der Waals surface area contributed by atoms with Crippen LogP contribution in [-0.2, 0) is 11.2 Å². The molecule has 0 radical (unpaired) electrons. The zero-order valence-electron chi connectivity index (χ0n) is 11.4. The van der Waals surface area contributed by atoms with Gasteiger partial charge in [-0.2, -0.15) is 16.9 Å². The number of hydrogen-bond donors (Lipinski definition) is 4. The molecule has 0 fully saturated rings. The fraction of sp³-hybridized carbons (Fsp3) is 0.636. The van der Waals surface area contributed by atoms with E-state index in [1.807, 2.05) is 6.26 Å². The van der Waals surface area contributed by atoms with E-state index < -0.39 is 12.1 Å². The molecule has 0 bridgehead atoms. The molecule has 1 aromatic heterocycles. The Morgan fingerprint density at radius 3 is 2.95 bits per heavy atom. The predicted molar refractivity (Wildman–Crippen MR) is 77.2 cm³/mol. The number of aromatic nitrogens is 3. The van der Waals surface area contributed by atoms with Crippen LogP contribution in [-0.4, -0.2) is 51.7 Å². The average molecular weight is 300 g/mol. The van der Waals surface area contributed by atoms with Crippen LogP contribution in [0.1, 0.15) is 18.7 Å². The first-order chi connectivity index (χ1) is 9.63. The minimum Gasteiger partial charge on any atom is -0.354 e. The molecule has 3 amide bonds. The molecule has 0 aliphatic rings. The molecule has 0 aromatic carbocycles. The van der Waals surface area contributed by atoms with Crippen LogP contribution < -0.4 is 16.4 Å². The van der Waals surface area contributed by atoms with E-state index in [1.165, 1.54) is 6.33 Å². The Hall–Kier alpha value is -1.77. The molecule has 1 aromatic rings. The van der Waals surface area contributed by atoms with Gasteiger partial charge in [0.15, 0.2) is 0 Å². The van der Waals surface area contributed by atoms with Crippen molar-refractivity contribution in [3.05, 3.63) is 12.2 Å². The largest absolute Gasteiger partial charge is 0.354 e. The zero-order valence-corrected chi connectivity index (χ0v) is 12.2. The Morgan fingerprint density at radius 1 is 1.55 bits per heavy atom. The molecule has 1 unspecified atom stereocenters. The van der Waals surface area contributed by atoms with Gasteiger partial charge in [0, 0.05) is 13.0 Å². The first-order valence-corrected chi connectivity index (χ1v) is 7.69. The summed E-state index contributed by atoms with van der Waals surface area (Å²) in [5.74, 6) is 1.35. The fourth-order valence-corrected chi connectivity index (χ4v) is 2.09. The minimum atomic E-state index is -0.687. The number of thioether (sulfide) groups is 1. The van der Waals surface area contributed by atoms with Crippen LogP contribution in [0.3, 0.4) is 0 Å². The number of H-pyrrole nitrogens is 1. The minimum absolute atomic E-state index is 0.213. The summed E-state index contributed by atoms with van der Waals surface area (Å²) >= 11 is 1.61. The van der Waals surface area contributed by atoms with Crippen molar-refractivity contribution in [3.8, 4) is 0 Å². The lowest BCUT2D eigenvalue weighted by molar-refractivity contribution is -0.122. The lowest BCUT2D eigenvalue weighted by Gasteiger charge is -2.16. The summed E-state index contributed by atoms with van der Waals surface area (Å²) in [5, 5.41) is 11.7. The molecule has 112 valence electrons. The van der Waals surface area contributed by atoms with E-state index in [-0.39, 0.29) is 5.91 Å². The van der Waals surface area contributed by atoms with Crippen LogP contribution in [0.5, 0.6) is 0 Å². The second kappa shape index (κ2) is 9.18. The van der Waals surface area contributed by atoms with Crippen molar-refractivity contribution >= 4 is 23.7 Å². The van der Waals surface area contributed by atoms with Crippen molar-refractivity contribution < 1.29 is 9.59 Å². The Balaban J connectivity index is 2.27. The molecule has 0 spiro atoms. The number of nitrogens with two attached hydrogens (primary N) is 1. The van der Waals surface area contributed by atoms with Gasteiger partial charge in [-0.25, -0.2) is 9.78 Å². The highest BCUT2D eigenvalue weighted by atomic mass is 32.2. The Kier molecular flexibility index (Phi) is 7.48. The summed E-state index contributed by atoms with van der Waals surface area (Å²) in [6.45, 7) is 0.510. The van der Waals surface area contributed by atoms with E-state index in [2.05, 4.69) is 25.8 Å². The molecule has 1 heterocycles. The van der Waals surface area contributed by atoms with E-state index >= 15 is 0 Å². The van der Waals surface area contributed by atoms with Crippen LogP contribution in [0.4, 0.5) is 4.79 Å². The number of carbonyl (C=O) groups is 2. The van der Waals surface area contributed by atoms with Crippen molar-refractivity contribution in [3.63, 3.8) is 0 Å². The van der Waals surface area contributed by atoms with E-state index in [4.69, 9.17) is 5.73 Å². The maximum atomic E-state index is 11.9. The van der Waals surface area contributed by atoms with Gasteiger partial charge in [-0.1, -0.05) is 0 Å². The molecule has 0 aliphatic heterocycles. The first kappa shape index (κ1) is 16.3. The topological polar surface area (TPSA) is 126 Å². The van der Waals surface area contributed by atoms with Gasteiger partial charge in [0.2, 0.25) is 5.91 Å². The number of hydrogen-bond acceptors (Lipinski definition) is 5. The molecule has 1 rings (SSSR count). The van der Waals surface area contributed by atoms with Crippen molar-refractivity contribution in [1.29, 1.82) is 0 Å². The highest BCUT2D eigenvalue weighted by Crippen LogP contribution is 2.01. The molecule has 20 heavy (non-hydrogen) atoms. The van der Waals surface area contributed by atoms with Gasteiger partial charge >= 0.3 is 6.03 Å². The van der Waals surface area contributed by atoms with Crippen LogP contribution >= 0.6 is 11.8 Å². The van der Waals surface area contributed by atoms with Crippen LogP contribution in [0.15, 0.2) is 6.33 Å². The summed E-state index contributed by atoms with van der Waals surface area (Å²) < 4.78 is 0. The third-order valence-corrected chi connectivity index (χ3v) is 3.24. The summed E-state index contributed by atoms with van der Waals surface area (Å²) in [4.78, 5) is 26.8. The number of aryl methyl sites for hydroxylation is 1. The Morgan fingerprint density at radius 2 is 2.35 bits per heavy atom. The molecule has 0 aliphatic carbocycles. The standard InChI is InChI=1S/C11H20N6O2S/c1-20-6-4-8(16-11(12)19)10(18)13-5-2-3-9-14-7-15-17-9/h7-8H,2-6H2,1H3,(H,13,18)(H3,12,16,19)(H,14,15,17). The third-order valence-electron chi connectivity index (χ3n) is 2.60. The van der Waals surface area contributed by atoms with E-state index in [0.717, 1.165) is 18.0 Å². The van der Waals surface area contributed by atoms with E-state index in [0.29, 0.717) is 19.4 Å². The lowest BCUT2D eigenvalue weighted by Crippen LogP contribution is -2.49. The van der Waals surface area contributed by atoms with Gasteiger partial charge in [-0.3, -0.25) is 9.89 Å². The van der Waals surface area contributed by atoms with Crippen LogP contribution in [0.25, 0.3) is 0 Å². The van der Waals surface area contributed by atoms with Crippen molar-refractivity contribution in [2.24, 2.45) is 5.73 Å². The summed E-state index contributed by atoms with van der Waals surface area (Å²) in [5.41, 5.74) is 5.07. The van der Waals surface area contributed by atoms with Gasteiger partial charge in [0.25, 0.3) is 0 Å².